The van der Waals surface area contributed by atoms with Crippen molar-refractivity contribution < 1.29 is 19.3 Å². The highest BCUT2D eigenvalue weighted by molar-refractivity contribution is 5.73. The van der Waals surface area contributed by atoms with Crippen molar-refractivity contribution in [3.63, 3.8) is 0 Å². The van der Waals surface area contributed by atoms with E-state index in [-0.39, 0.29) is 17.5 Å². The fourth-order valence-electron chi connectivity index (χ4n) is 4.55. The van der Waals surface area contributed by atoms with Crippen LogP contribution < -0.4 is 15.1 Å². The third-order valence-electron chi connectivity index (χ3n) is 6.81. The second-order valence-corrected chi connectivity index (χ2v) is 9.44. The number of aryl methyl sites for hydroxylation is 1. The number of methoxy groups -OCH3 is 2. The van der Waals surface area contributed by atoms with Crippen LogP contribution in [0.4, 0.5) is 5.69 Å². The van der Waals surface area contributed by atoms with Crippen LogP contribution in [-0.4, -0.2) is 61.9 Å². The number of rotatable bonds is 8. The molecule has 7 nitrogen and oxygen atoms in total. The number of aromatic nitrogens is 1. The Kier molecular flexibility index (Phi) is 6.34. The third-order valence-corrected chi connectivity index (χ3v) is 6.81. The van der Waals surface area contributed by atoms with Gasteiger partial charge in [-0.3, -0.25) is 4.79 Å². The van der Waals surface area contributed by atoms with Gasteiger partial charge in [-0.05, 0) is 44.9 Å². The number of nitrogens with zero attached hydrogens (tertiary/aromatic N) is 2. The van der Waals surface area contributed by atoms with E-state index in [1.165, 1.54) is 11.3 Å². The smallest absolute Gasteiger partial charge is 0.197 e. The van der Waals surface area contributed by atoms with Gasteiger partial charge in [0.25, 0.3) is 0 Å². The summed E-state index contributed by atoms with van der Waals surface area (Å²) in [4.78, 5) is 15.0. The van der Waals surface area contributed by atoms with Crippen molar-refractivity contribution in [3.05, 3.63) is 45.6 Å². The molecule has 0 spiro atoms. The summed E-state index contributed by atoms with van der Waals surface area (Å²) >= 11 is 0. The van der Waals surface area contributed by atoms with Gasteiger partial charge in [0, 0.05) is 62.7 Å². The van der Waals surface area contributed by atoms with Crippen molar-refractivity contribution in [1.29, 1.82) is 0 Å². The zero-order valence-electron chi connectivity index (χ0n) is 19.7. The van der Waals surface area contributed by atoms with Crippen molar-refractivity contribution in [3.8, 4) is 17.1 Å². The minimum absolute atomic E-state index is 0.0281. The average Bonchev–Trinajstić information content (AvgIpc) is 2.71. The Morgan fingerprint density at radius 2 is 1.94 bits per heavy atom. The molecule has 7 heteroatoms. The third kappa shape index (κ3) is 4.29. The molecule has 0 amide bonds. The summed E-state index contributed by atoms with van der Waals surface area (Å²) in [7, 11) is 3.25. The summed E-state index contributed by atoms with van der Waals surface area (Å²) in [5.41, 5.74) is 4.48. The van der Waals surface area contributed by atoms with Gasteiger partial charge >= 0.3 is 0 Å². The molecule has 3 heterocycles. The van der Waals surface area contributed by atoms with Gasteiger partial charge in [0.15, 0.2) is 11.3 Å². The first-order chi connectivity index (χ1) is 15.2. The first-order valence-electron chi connectivity index (χ1n) is 11.2. The lowest BCUT2D eigenvalue weighted by molar-refractivity contribution is -0.000948. The SMILES string of the molecule is COC[C@@H](COc1cc(=O)c(C)c2n1CCc1cc(N3CC(C(C)(C)O)C3)ccc1-2)OC. The first kappa shape index (κ1) is 22.8. The van der Waals surface area contributed by atoms with E-state index in [4.69, 9.17) is 14.2 Å². The maximum absolute atomic E-state index is 12.7. The number of hydrogen-bond acceptors (Lipinski definition) is 6. The van der Waals surface area contributed by atoms with Crippen LogP contribution in [0, 0.1) is 12.8 Å². The Balaban J connectivity index is 1.61. The summed E-state index contributed by atoms with van der Waals surface area (Å²) in [5.74, 6) is 0.855. The van der Waals surface area contributed by atoms with Crippen LogP contribution in [0.1, 0.15) is 25.0 Å². The molecular formula is C25H34N2O5. The molecule has 1 aromatic heterocycles. The normalized spacial score (nSPS) is 16.9. The van der Waals surface area contributed by atoms with Crippen LogP contribution in [-0.2, 0) is 22.4 Å². The fraction of sp³-hybridized carbons (Fsp3) is 0.560. The molecule has 4 rings (SSSR count). The summed E-state index contributed by atoms with van der Waals surface area (Å²) in [6.07, 6.45) is 0.666. The molecule has 1 atom stereocenters. The van der Waals surface area contributed by atoms with Crippen LogP contribution in [0.5, 0.6) is 5.88 Å². The van der Waals surface area contributed by atoms with Crippen molar-refractivity contribution >= 4 is 5.69 Å². The lowest BCUT2D eigenvalue weighted by atomic mass is 9.84. The summed E-state index contributed by atoms with van der Waals surface area (Å²) < 4.78 is 18.7. The topological polar surface area (TPSA) is 73.2 Å². The highest BCUT2D eigenvalue weighted by Crippen LogP contribution is 2.38. The Bertz CT molecular complexity index is 1030. The Morgan fingerprint density at radius 3 is 2.59 bits per heavy atom. The summed E-state index contributed by atoms with van der Waals surface area (Å²) in [6, 6.07) is 8.04. The molecule has 1 fully saturated rings. The zero-order chi connectivity index (χ0) is 23.0. The number of benzene rings is 1. The van der Waals surface area contributed by atoms with Gasteiger partial charge in [-0.15, -0.1) is 0 Å². The van der Waals surface area contributed by atoms with E-state index < -0.39 is 5.60 Å². The molecular weight excluding hydrogens is 408 g/mol. The van der Waals surface area contributed by atoms with E-state index in [9.17, 15) is 9.90 Å². The van der Waals surface area contributed by atoms with Crippen LogP contribution in [0.2, 0.25) is 0 Å². The second kappa shape index (κ2) is 8.89. The number of fused-ring (bicyclic) bond motifs is 3. The number of ether oxygens (including phenoxy) is 3. The molecule has 0 unspecified atom stereocenters. The molecule has 2 aliphatic rings. The van der Waals surface area contributed by atoms with E-state index in [1.54, 1.807) is 20.3 Å². The maximum atomic E-state index is 12.7. The van der Waals surface area contributed by atoms with Gasteiger partial charge in [-0.1, -0.05) is 6.07 Å². The quantitative estimate of drug-likeness (QED) is 0.678. The molecule has 0 aliphatic carbocycles. The van der Waals surface area contributed by atoms with Gasteiger partial charge in [0.05, 0.1) is 17.9 Å². The van der Waals surface area contributed by atoms with Crippen molar-refractivity contribution in [2.75, 3.05) is 45.4 Å². The monoisotopic (exact) mass is 442 g/mol. The molecule has 32 heavy (non-hydrogen) atoms. The molecule has 1 N–H and O–H groups in total. The first-order valence-corrected chi connectivity index (χ1v) is 11.2. The van der Waals surface area contributed by atoms with E-state index in [1.807, 2.05) is 20.8 Å². The van der Waals surface area contributed by atoms with Gasteiger partial charge in [-0.25, -0.2) is 0 Å². The van der Waals surface area contributed by atoms with Crippen molar-refractivity contribution in [2.45, 2.75) is 45.4 Å². The summed E-state index contributed by atoms with van der Waals surface area (Å²) in [6.45, 7) is 8.84. The van der Waals surface area contributed by atoms with Crippen LogP contribution in [0.25, 0.3) is 11.3 Å². The molecule has 0 radical (unpaired) electrons. The molecule has 174 valence electrons. The van der Waals surface area contributed by atoms with E-state index >= 15 is 0 Å². The Hall–Kier alpha value is -2.35. The Labute approximate surface area is 189 Å². The van der Waals surface area contributed by atoms with Crippen molar-refractivity contribution in [1.82, 2.24) is 4.57 Å². The maximum Gasteiger partial charge on any atom is 0.197 e. The summed E-state index contributed by atoms with van der Waals surface area (Å²) in [5, 5.41) is 10.2. The number of hydrogen-bond donors (Lipinski definition) is 1. The van der Waals surface area contributed by atoms with Crippen LogP contribution >= 0.6 is 0 Å². The highest BCUT2D eigenvalue weighted by atomic mass is 16.6. The van der Waals surface area contributed by atoms with Crippen LogP contribution in [0.15, 0.2) is 29.1 Å². The highest BCUT2D eigenvalue weighted by Gasteiger charge is 2.37. The minimum atomic E-state index is -0.649. The molecule has 2 aliphatic heterocycles. The minimum Gasteiger partial charge on any atom is -0.476 e. The van der Waals surface area contributed by atoms with E-state index in [2.05, 4.69) is 27.7 Å². The van der Waals surface area contributed by atoms with Gasteiger partial charge < -0.3 is 28.8 Å². The molecule has 0 bridgehead atoms. The lowest BCUT2D eigenvalue weighted by Crippen LogP contribution is -2.55. The average molecular weight is 443 g/mol. The predicted molar refractivity (Wildman–Crippen MR) is 125 cm³/mol. The predicted octanol–water partition coefficient (Wildman–Crippen LogP) is 2.63. The van der Waals surface area contributed by atoms with E-state index in [0.717, 1.165) is 42.9 Å². The largest absolute Gasteiger partial charge is 0.476 e. The number of aliphatic hydroxyl groups is 1. The number of pyridine rings is 1. The molecule has 1 saturated heterocycles. The standard InChI is InChI=1S/C25H34N2O5/c1-16-22(28)11-23(32-15-20(31-5)14-30-4)27-9-8-17-10-19(6-7-21(17)24(16)27)26-12-18(13-26)25(2,3)29/h6-7,10-11,18,20,29H,8-9,12-15H2,1-5H3/t20-/m0/s1. The zero-order valence-corrected chi connectivity index (χ0v) is 19.7. The Morgan fingerprint density at radius 1 is 1.19 bits per heavy atom. The van der Waals surface area contributed by atoms with Crippen molar-refractivity contribution in [2.24, 2.45) is 5.92 Å². The molecule has 2 aromatic rings. The molecule has 1 aromatic carbocycles. The van der Waals surface area contributed by atoms with Gasteiger partial charge in [-0.2, -0.15) is 0 Å². The second-order valence-electron chi connectivity index (χ2n) is 9.44. The van der Waals surface area contributed by atoms with Crippen LogP contribution in [0.3, 0.4) is 0 Å². The fourth-order valence-corrected chi connectivity index (χ4v) is 4.55. The van der Waals surface area contributed by atoms with Gasteiger partial charge in [0.2, 0.25) is 0 Å². The van der Waals surface area contributed by atoms with Gasteiger partial charge in [0.1, 0.15) is 12.7 Å². The number of anilines is 1. The van der Waals surface area contributed by atoms with E-state index in [0.29, 0.717) is 19.1 Å². The molecule has 0 saturated carbocycles. The lowest BCUT2D eigenvalue weighted by Gasteiger charge is -2.46.